The van der Waals surface area contributed by atoms with E-state index in [2.05, 4.69) is 4.98 Å². The highest BCUT2D eigenvalue weighted by atomic mass is 35.5. The Morgan fingerprint density at radius 1 is 1.27 bits per heavy atom. The third-order valence-electron chi connectivity index (χ3n) is 1.94. The van der Waals surface area contributed by atoms with Crippen LogP contribution in [0.3, 0.4) is 0 Å². The van der Waals surface area contributed by atoms with Crippen molar-refractivity contribution < 1.29 is 12.3 Å². The molecule has 78 valence electrons. The molecule has 0 saturated heterocycles. The number of pyridine rings is 1. The van der Waals surface area contributed by atoms with Gasteiger partial charge < -0.3 is 0 Å². The van der Waals surface area contributed by atoms with Crippen molar-refractivity contribution in [3.8, 4) is 0 Å². The molecule has 6 heteroatoms. The maximum atomic E-state index is 12.9. The van der Waals surface area contributed by atoms with Crippen molar-refractivity contribution in [3.05, 3.63) is 35.5 Å². The van der Waals surface area contributed by atoms with Crippen molar-refractivity contribution in [2.75, 3.05) is 0 Å². The molecule has 2 aromatic rings. The van der Waals surface area contributed by atoms with Gasteiger partial charge in [0.05, 0.1) is 10.5 Å². The van der Waals surface area contributed by atoms with Crippen molar-refractivity contribution in [2.45, 2.75) is 4.90 Å². The van der Waals surface area contributed by atoms with Gasteiger partial charge in [0.25, 0.3) is 0 Å². The highest BCUT2D eigenvalue weighted by Gasteiger charge is 2.17. The monoisotopic (exact) mass is 245 g/mol. The molecule has 0 aliphatic rings. The number of benzene rings is 1. The number of aromatic nitrogens is 1. The largest absolute Gasteiger partial charge is 0.334 e. The zero-order valence-corrected chi connectivity index (χ0v) is 8.89. The van der Waals surface area contributed by atoms with Crippen LogP contribution in [-0.2, 0) is 10.2 Å². The lowest BCUT2D eigenvalue weighted by atomic mass is 10.2. The summed E-state index contributed by atoms with van der Waals surface area (Å²) in [6.07, 6.45) is 1.33. The number of fused-ring (bicyclic) bond motifs is 1. The molecular formula is C9H5ClFNO2S. The quantitative estimate of drug-likeness (QED) is 0.726. The summed E-state index contributed by atoms with van der Waals surface area (Å²) < 4.78 is 34.5. The predicted molar refractivity (Wildman–Crippen MR) is 55.0 cm³/mol. The fourth-order valence-corrected chi connectivity index (χ4v) is 2.16. The van der Waals surface area contributed by atoms with Crippen molar-refractivity contribution in [1.82, 2.24) is 4.98 Å². The Hall–Kier alpha value is -1.20. The van der Waals surface area contributed by atoms with E-state index < -0.39 is 15.1 Å². The van der Waals surface area contributed by atoms with Crippen LogP contribution in [0.5, 0.6) is 0 Å². The SMILES string of the molecule is O=S(=O)(F)c1cccc2c(Cl)ccnc12. The molecule has 15 heavy (non-hydrogen) atoms. The summed E-state index contributed by atoms with van der Waals surface area (Å²) in [7, 11) is -4.77. The van der Waals surface area contributed by atoms with E-state index in [1.54, 1.807) is 6.07 Å². The van der Waals surface area contributed by atoms with Crippen LogP contribution < -0.4 is 0 Å². The molecule has 2 rings (SSSR count). The summed E-state index contributed by atoms with van der Waals surface area (Å²) in [5, 5.41) is 0.753. The van der Waals surface area contributed by atoms with Crippen molar-refractivity contribution in [1.29, 1.82) is 0 Å². The summed E-state index contributed by atoms with van der Waals surface area (Å²) in [4.78, 5) is 3.35. The first-order chi connectivity index (χ1) is 7.00. The Labute approximate surface area is 90.7 Å². The molecule has 0 atom stereocenters. The van der Waals surface area contributed by atoms with E-state index in [9.17, 15) is 12.3 Å². The molecule has 0 unspecified atom stereocenters. The van der Waals surface area contributed by atoms with Gasteiger partial charge in [0.2, 0.25) is 0 Å². The first kappa shape index (κ1) is 10.3. The fraction of sp³-hybridized carbons (Fsp3) is 0. The van der Waals surface area contributed by atoms with Crippen LogP contribution in [0.25, 0.3) is 10.9 Å². The van der Waals surface area contributed by atoms with Gasteiger partial charge >= 0.3 is 10.2 Å². The van der Waals surface area contributed by atoms with Crippen LogP contribution in [-0.4, -0.2) is 13.4 Å². The maximum absolute atomic E-state index is 12.9. The molecule has 0 N–H and O–H groups in total. The van der Waals surface area contributed by atoms with Gasteiger partial charge in [-0.3, -0.25) is 4.98 Å². The minimum atomic E-state index is -4.77. The lowest BCUT2D eigenvalue weighted by molar-refractivity contribution is 0.553. The van der Waals surface area contributed by atoms with Gasteiger partial charge in [0, 0.05) is 11.6 Å². The van der Waals surface area contributed by atoms with Gasteiger partial charge in [0.15, 0.2) is 0 Å². The first-order valence-electron chi connectivity index (χ1n) is 3.98. The average molecular weight is 246 g/mol. The zero-order chi connectivity index (χ0) is 11.1. The second-order valence-electron chi connectivity index (χ2n) is 2.88. The average Bonchev–Trinajstić information content (AvgIpc) is 2.16. The van der Waals surface area contributed by atoms with Gasteiger partial charge in [-0.05, 0) is 12.1 Å². The Bertz CT molecular complexity index is 627. The Balaban J connectivity index is 2.96. The lowest BCUT2D eigenvalue weighted by Crippen LogP contribution is -1.95. The maximum Gasteiger partial charge on any atom is 0.334 e. The van der Waals surface area contributed by atoms with Gasteiger partial charge in [0.1, 0.15) is 4.90 Å². The normalized spacial score (nSPS) is 11.9. The molecule has 1 aromatic heterocycles. The summed E-state index contributed by atoms with van der Waals surface area (Å²) in [5.74, 6) is 0. The van der Waals surface area contributed by atoms with Gasteiger partial charge in [-0.15, -0.1) is 3.89 Å². The lowest BCUT2D eigenvalue weighted by Gasteiger charge is -2.02. The standard InChI is InChI=1S/C9H5ClFNO2S/c10-7-4-5-12-9-6(7)2-1-3-8(9)15(11,13)14/h1-5H. The number of hydrogen-bond donors (Lipinski definition) is 0. The van der Waals surface area contributed by atoms with E-state index in [4.69, 9.17) is 11.6 Å². The van der Waals surface area contributed by atoms with E-state index >= 15 is 0 Å². The van der Waals surface area contributed by atoms with E-state index in [1.165, 1.54) is 18.3 Å². The van der Waals surface area contributed by atoms with Gasteiger partial charge in [-0.2, -0.15) is 8.42 Å². The highest BCUT2D eigenvalue weighted by Crippen LogP contribution is 2.27. The topological polar surface area (TPSA) is 47.0 Å². The van der Waals surface area contributed by atoms with Crippen molar-refractivity contribution in [2.24, 2.45) is 0 Å². The second-order valence-corrected chi connectivity index (χ2v) is 4.61. The predicted octanol–water partition coefficient (Wildman–Crippen LogP) is 2.55. The highest BCUT2D eigenvalue weighted by molar-refractivity contribution is 7.86. The minimum Gasteiger partial charge on any atom is -0.255 e. The van der Waals surface area contributed by atoms with Crippen molar-refractivity contribution in [3.63, 3.8) is 0 Å². The molecular weight excluding hydrogens is 241 g/mol. The molecule has 0 amide bonds. The van der Waals surface area contributed by atoms with Crippen LogP contribution in [0.15, 0.2) is 35.4 Å². The molecule has 0 saturated carbocycles. The van der Waals surface area contributed by atoms with Crippen molar-refractivity contribution >= 4 is 32.7 Å². The second kappa shape index (κ2) is 3.43. The summed E-state index contributed by atoms with van der Waals surface area (Å²) in [6, 6.07) is 5.67. The molecule has 0 aliphatic carbocycles. The molecule has 0 radical (unpaired) electrons. The molecule has 1 aromatic carbocycles. The van der Waals surface area contributed by atoms with E-state index in [1.807, 2.05) is 0 Å². The van der Waals surface area contributed by atoms with E-state index in [0.717, 1.165) is 6.07 Å². The number of hydrogen-bond acceptors (Lipinski definition) is 3. The van der Waals surface area contributed by atoms with Crippen LogP contribution >= 0.6 is 11.6 Å². The third-order valence-corrected chi connectivity index (χ3v) is 3.13. The summed E-state index contributed by atoms with van der Waals surface area (Å²) in [6.45, 7) is 0. The number of halogens is 2. The van der Waals surface area contributed by atoms with Crippen LogP contribution in [0.2, 0.25) is 5.02 Å². The van der Waals surface area contributed by atoms with Crippen LogP contribution in [0, 0.1) is 0 Å². The number of para-hydroxylation sites is 1. The fourth-order valence-electron chi connectivity index (χ4n) is 1.31. The molecule has 0 fully saturated rings. The summed E-state index contributed by atoms with van der Waals surface area (Å²) >= 11 is 5.82. The molecule has 0 bridgehead atoms. The van der Waals surface area contributed by atoms with E-state index in [-0.39, 0.29) is 5.52 Å². The summed E-state index contributed by atoms with van der Waals surface area (Å²) in [5.41, 5.74) is 0.0486. The van der Waals surface area contributed by atoms with Crippen LogP contribution in [0.1, 0.15) is 0 Å². The number of nitrogens with zero attached hydrogens (tertiary/aromatic N) is 1. The molecule has 0 spiro atoms. The van der Waals surface area contributed by atoms with Gasteiger partial charge in [-0.25, -0.2) is 0 Å². The Morgan fingerprint density at radius 2 is 2.00 bits per heavy atom. The first-order valence-corrected chi connectivity index (χ1v) is 5.74. The molecule has 3 nitrogen and oxygen atoms in total. The molecule has 1 heterocycles. The zero-order valence-electron chi connectivity index (χ0n) is 7.31. The Morgan fingerprint density at radius 3 is 2.67 bits per heavy atom. The minimum absolute atomic E-state index is 0.0486. The van der Waals surface area contributed by atoms with E-state index in [0.29, 0.717) is 10.4 Å². The Kier molecular flexibility index (Phi) is 2.36. The third kappa shape index (κ3) is 1.80. The smallest absolute Gasteiger partial charge is 0.255 e. The van der Waals surface area contributed by atoms with Crippen LogP contribution in [0.4, 0.5) is 3.89 Å². The molecule has 0 aliphatic heterocycles. The van der Waals surface area contributed by atoms with Gasteiger partial charge in [-0.1, -0.05) is 23.7 Å². The number of rotatable bonds is 1.